The number of methoxy groups -OCH3 is 1. The van der Waals surface area contributed by atoms with Gasteiger partial charge in [0.1, 0.15) is 23.7 Å². The first-order valence-corrected chi connectivity index (χ1v) is 9.15. The van der Waals surface area contributed by atoms with E-state index in [1.165, 1.54) is 19.2 Å². The van der Waals surface area contributed by atoms with Gasteiger partial charge < -0.3 is 13.9 Å². The van der Waals surface area contributed by atoms with E-state index in [0.717, 1.165) is 0 Å². The molecule has 2 aromatic carbocycles. The lowest BCUT2D eigenvalue weighted by atomic mass is 10.2. The molecule has 0 aliphatic carbocycles. The van der Waals surface area contributed by atoms with E-state index < -0.39 is 5.97 Å². The average Bonchev–Trinajstić information content (AvgIpc) is 3.10. The van der Waals surface area contributed by atoms with Crippen molar-refractivity contribution in [2.75, 3.05) is 7.11 Å². The minimum absolute atomic E-state index is 0.0930. The lowest BCUT2D eigenvalue weighted by molar-refractivity contribution is 0.0442. The molecule has 0 aliphatic heterocycles. The Hall–Kier alpha value is -1.85. The quantitative estimate of drug-likeness (QED) is 0.399. The normalized spacial score (nSPS) is 10.7. The van der Waals surface area contributed by atoms with Gasteiger partial charge in [-0.25, -0.2) is 4.79 Å². The Bertz CT molecular complexity index is 997. The van der Waals surface area contributed by atoms with Gasteiger partial charge in [-0.1, -0.05) is 52.5 Å². The predicted octanol–water partition coefficient (Wildman–Crippen LogP) is 6.93. The molecule has 27 heavy (non-hydrogen) atoms. The monoisotopic (exact) mass is 444 g/mol. The zero-order chi connectivity index (χ0) is 19.6. The van der Waals surface area contributed by atoms with Gasteiger partial charge in [0.05, 0.1) is 22.2 Å². The van der Waals surface area contributed by atoms with Crippen LogP contribution in [0.2, 0.25) is 20.1 Å². The molecule has 1 heterocycles. The number of benzene rings is 2. The SMILES string of the molecule is COc1c(Cl)cc(Cl)cc1C(=O)OCc1ccc(-c2cccc(Cl)c2Cl)o1. The van der Waals surface area contributed by atoms with Crippen molar-refractivity contribution in [1.29, 1.82) is 0 Å². The molecule has 4 nitrogen and oxygen atoms in total. The molecule has 3 rings (SSSR count). The van der Waals surface area contributed by atoms with Crippen LogP contribution >= 0.6 is 46.4 Å². The van der Waals surface area contributed by atoms with Gasteiger partial charge in [0.25, 0.3) is 0 Å². The summed E-state index contributed by atoms with van der Waals surface area (Å²) in [6, 6.07) is 11.5. The fourth-order valence-corrected chi connectivity index (χ4v) is 3.39. The van der Waals surface area contributed by atoms with Gasteiger partial charge >= 0.3 is 5.97 Å². The van der Waals surface area contributed by atoms with E-state index >= 15 is 0 Å². The molecule has 8 heteroatoms. The zero-order valence-corrected chi connectivity index (χ0v) is 16.9. The number of ether oxygens (including phenoxy) is 2. The molecule has 0 amide bonds. The van der Waals surface area contributed by atoms with E-state index in [2.05, 4.69) is 0 Å². The molecule has 0 saturated heterocycles. The lowest BCUT2D eigenvalue weighted by Crippen LogP contribution is -2.07. The number of furan rings is 1. The molecular formula is C19H12Cl4O4. The summed E-state index contributed by atoms with van der Waals surface area (Å²) in [6.07, 6.45) is 0. The molecule has 0 atom stereocenters. The summed E-state index contributed by atoms with van der Waals surface area (Å²) in [5, 5.41) is 1.32. The van der Waals surface area contributed by atoms with Crippen molar-refractivity contribution in [2.24, 2.45) is 0 Å². The molecule has 0 unspecified atom stereocenters. The average molecular weight is 446 g/mol. The van der Waals surface area contributed by atoms with E-state index in [0.29, 0.717) is 32.2 Å². The van der Waals surface area contributed by atoms with Gasteiger partial charge in [0, 0.05) is 10.6 Å². The third kappa shape index (κ3) is 4.36. The van der Waals surface area contributed by atoms with Crippen molar-refractivity contribution < 1.29 is 18.7 Å². The largest absolute Gasteiger partial charge is 0.494 e. The fourth-order valence-electron chi connectivity index (χ4n) is 2.43. The van der Waals surface area contributed by atoms with E-state index in [9.17, 15) is 4.79 Å². The third-order valence-corrected chi connectivity index (χ3v) is 4.97. The number of hydrogen-bond acceptors (Lipinski definition) is 4. The highest BCUT2D eigenvalue weighted by atomic mass is 35.5. The number of carbonyl (C=O) groups is 1. The highest BCUT2D eigenvalue weighted by Gasteiger charge is 2.19. The Morgan fingerprint density at radius 3 is 2.56 bits per heavy atom. The van der Waals surface area contributed by atoms with E-state index in [1.54, 1.807) is 30.3 Å². The van der Waals surface area contributed by atoms with Gasteiger partial charge in [-0.15, -0.1) is 0 Å². The molecule has 0 saturated carbocycles. The maximum atomic E-state index is 12.4. The highest BCUT2D eigenvalue weighted by Crippen LogP contribution is 2.35. The minimum atomic E-state index is -0.644. The first-order chi connectivity index (χ1) is 12.9. The minimum Gasteiger partial charge on any atom is -0.494 e. The van der Waals surface area contributed by atoms with Crippen LogP contribution in [-0.4, -0.2) is 13.1 Å². The summed E-state index contributed by atoms with van der Waals surface area (Å²) in [6.45, 7) is -0.0930. The Labute approximate surface area is 175 Å². The van der Waals surface area contributed by atoms with Gasteiger partial charge in [0.15, 0.2) is 5.75 Å². The smallest absolute Gasteiger partial charge is 0.342 e. The molecule has 0 N–H and O–H groups in total. The van der Waals surface area contributed by atoms with Crippen LogP contribution in [0.15, 0.2) is 46.9 Å². The van der Waals surface area contributed by atoms with E-state index in [-0.39, 0.29) is 22.9 Å². The molecule has 0 fully saturated rings. The van der Waals surface area contributed by atoms with Crippen molar-refractivity contribution >= 4 is 52.4 Å². The molecule has 0 bridgehead atoms. The van der Waals surface area contributed by atoms with Crippen LogP contribution < -0.4 is 4.74 Å². The van der Waals surface area contributed by atoms with Crippen molar-refractivity contribution in [1.82, 2.24) is 0 Å². The van der Waals surface area contributed by atoms with Crippen LogP contribution in [0.4, 0.5) is 0 Å². The second-order valence-corrected chi connectivity index (χ2v) is 7.04. The van der Waals surface area contributed by atoms with E-state index in [1.807, 2.05) is 0 Å². The van der Waals surface area contributed by atoms with Crippen LogP contribution in [0, 0.1) is 0 Å². The summed E-state index contributed by atoms with van der Waals surface area (Å²) in [5.41, 5.74) is 0.768. The maximum Gasteiger partial charge on any atom is 0.342 e. The van der Waals surface area contributed by atoms with Crippen LogP contribution in [0.1, 0.15) is 16.1 Å². The van der Waals surface area contributed by atoms with Crippen LogP contribution in [0.5, 0.6) is 5.75 Å². The predicted molar refractivity (Wildman–Crippen MR) is 106 cm³/mol. The van der Waals surface area contributed by atoms with Gasteiger partial charge in [-0.2, -0.15) is 0 Å². The van der Waals surface area contributed by atoms with Gasteiger partial charge in [0.2, 0.25) is 0 Å². The fraction of sp³-hybridized carbons (Fsp3) is 0.105. The lowest BCUT2D eigenvalue weighted by Gasteiger charge is -2.10. The molecule has 140 valence electrons. The molecule has 1 aromatic heterocycles. The van der Waals surface area contributed by atoms with Crippen LogP contribution in [0.3, 0.4) is 0 Å². The van der Waals surface area contributed by atoms with Crippen LogP contribution in [0.25, 0.3) is 11.3 Å². The first-order valence-electron chi connectivity index (χ1n) is 7.64. The molecule has 0 aliphatic rings. The summed E-state index contributed by atoms with van der Waals surface area (Å²) in [5.74, 6) is 0.491. The van der Waals surface area contributed by atoms with Gasteiger partial charge in [-0.3, -0.25) is 0 Å². The van der Waals surface area contributed by atoms with Crippen molar-refractivity contribution in [2.45, 2.75) is 6.61 Å². The van der Waals surface area contributed by atoms with E-state index in [4.69, 9.17) is 60.3 Å². The Morgan fingerprint density at radius 2 is 1.81 bits per heavy atom. The zero-order valence-electron chi connectivity index (χ0n) is 13.9. The van der Waals surface area contributed by atoms with Crippen molar-refractivity contribution in [3.8, 4) is 17.1 Å². The van der Waals surface area contributed by atoms with Crippen molar-refractivity contribution in [3.63, 3.8) is 0 Å². The summed E-state index contributed by atoms with van der Waals surface area (Å²) >= 11 is 24.2. The maximum absolute atomic E-state index is 12.4. The summed E-state index contributed by atoms with van der Waals surface area (Å²) < 4.78 is 16.1. The first kappa shape index (κ1) is 19.9. The Morgan fingerprint density at radius 1 is 1.04 bits per heavy atom. The Balaban J connectivity index is 1.76. The number of esters is 1. The van der Waals surface area contributed by atoms with Crippen molar-refractivity contribution in [3.05, 3.63) is 73.9 Å². The molecule has 3 aromatic rings. The van der Waals surface area contributed by atoms with Crippen LogP contribution in [-0.2, 0) is 11.3 Å². The molecular weight excluding hydrogens is 434 g/mol. The summed E-state index contributed by atoms with van der Waals surface area (Å²) in [7, 11) is 1.40. The topological polar surface area (TPSA) is 48.7 Å². The molecule has 0 radical (unpaired) electrons. The Kier molecular flexibility index (Phi) is 6.22. The highest BCUT2D eigenvalue weighted by molar-refractivity contribution is 6.43. The number of carbonyl (C=O) groups excluding carboxylic acids is 1. The molecule has 0 spiro atoms. The number of halogens is 4. The second-order valence-electron chi connectivity index (χ2n) is 5.41. The number of hydrogen-bond donors (Lipinski definition) is 0. The summed E-state index contributed by atoms with van der Waals surface area (Å²) in [4.78, 5) is 12.4. The second kappa shape index (κ2) is 8.44. The van der Waals surface area contributed by atoms with Gasteiger partial charge in [-0.05, 0) is 36.4 Å². The number of rotatable bonds is 5. The standard InChI is InChI=1S/C19H12Cl4O4/c1-25-18-13(7-10(20)8-15(18)22)19(24)26-9-11-5-6-16(27-11)12-3-2-4-14(21)17(12)23/h2-8H,9H2,1H3. The third-order valence-electron chi connectivity index (χ3n) is 3.66.